The number of likely N-dealkylation sites (N-methyl/N-ethyl adjacent to an activating group) is 1. The molecule has 0 saturated heterocycles. The van der Waals surface area contributed by atoms with Crippen molar-refractivity contribution >= 4 is 50.7 Å². The number of hydrogen-bond acceptors (Lipinski definition) is 7. The molecule has 1 N–H and O–H groups in total. The van der Waals surface area contributed by atoms with Crippen LogP contribution in [-0.4, -0.2) is 66.1 Å². The van der Waals surface area contributed by atoms with Gasteiger partial charge in [0.05, 0.1) is 31.9 Å². The molecule has 13 heteroatoms. The average molecular weight is 701 g/mol. The summed E-state index contributed by atoms with van der Waals surface area (Å²) in [4.78, 5) is 29.2. The lowest BCUT2D eigenvalue weighted by Gasteiger charge is -2.34. The molecule has 2 amide bonds. The van der Waals surface area contributed by atoms with E-state index in [9.17, 15) is 18.0 Å². The topological polar surface area (TPSA) is 114 Å². The highest BCUT2D eigenvalue weighted by Crippen LogP contribution is 2.37. The van der Waals surface area contributed by atoms with Crippen molar-refractivity contribution < 1.29 is 32.2 Å². The molecule has 248 valence electrons. The number of nitrogens with one attached hydrogen (secondary N) is 1. The molecule has 47 heavy (non-hydrogen) atoms. The molecule has 0 heterocycles. The van der Waals surface area contributed by atoms with Gasteiger partial charge in [-0.2, -0.15) is 0 Å². The minimum atomic E-state index is -4.49. The van der Waals surface area contributed by atoms with E-state index in [0.717, 1.165) is 9.87 Å². The summed E-state index contributed by atoms with van der Waals surface area (Å²) >= 11 is 12.6. The molecule has 4 rings (SSSR count). The van der Waals surface area contributed by atoms with E-state index >= 15 is 0 Å². The second kappa shape index (κ2) is 15.9. The molecular formula is C34H35Cl2N3O7S. The van der Waals surface area contributed by atoms with E-state index in [2.05, 4.69) is 5.32 Å². The first-order chi connectivity index (χ1) is 22.5. The summed E-state index contributed by atoms with van der Waals surface area (Å²) in [5, 5.41) is 3.31. The van der Waals surface area contributed by atoms with E-state index in [1.54, 1.807) is 30.3 Å². The SMILES string of the molecule is CNC(=O)[C@@H](Cc1ccccc1)N(Cc1cccc(Cl)c1)C(=O)CN(c1cc(Cl)ccc1OC)S(=O)(=O)c1ccc(OC)c(OC)c1. The van der Waals surface area contributed by atoms with Crippen molar-refractivity contribution in [1.29, 1.82) is 0 Å². The lowest BCUT2D eigenvalue weighted by molar-refractivity contribution is -0.139. The molecular weight excluding hydrogens is 665 g/mol. The third-order valence-electron chi connectivity index (χ3n) is 7.39. The summed E-state index contributed by atoms with van der Waals surface area (Å²) in [7, 11) is 1.18. The fourth-order valence-electron chi connectivity index (χ4n) is 5.03. The number of benzene rings is 4. The molecule has 4 aromatic rings. The quantitative estimate of drug-likeness (QED) is 0.182. The zero-order chi connectivity index (χ0) is 34.1. The van der Waals surface area contributed by atoms with Crippen LogP contribution < -0.4 is 23.8 Å². The van der Waals surface area contributed by atoms with Crippen LogP contribution in [0.1, 0.15) is 11.1 Å². The standard InChI is InChI=1S/C34H35Cl2N3O7S/c1-37-34(41)29(18-23-9-6-5-7-10-23)38(21-24-11-8-12-25(35)17-24)33(40)22-39(28-19-26(36)13-15-30(28)44-2)47(42,43)27-14-16-31(45-3)32(20-27)46-4/h5-17,19-20,29H,18,21-22H2,1-4H3,(H,37,41)/t29-/m1/s1. The third kappa shape index (κ3) is 8.48. The molecule has 0 unspecified atom stereocenters. The molecule has 0 saturated carbocycles. The van der Waals surface area contributed by atoms with Gasteiger partial charge in [0.2, 0.25) is 11.8 Å². The van der Waals surface area contributed by atoms with Crippen LogP contribution in [0, 0.1) is 0 Å². The van der Waals surface area contributed by atoms with Crippen LogP contribution in [0.4, 0.5) is 5.69 Å². The van der Waals surface area contributed by atoms with Crippen molar-refractivity contribution in [1.82, 2.24) is 10.2 Å². The average Bonchev–Trinajstić information content (AvgIpc) is 3.08. The van der Waals surface area contributed by atoms with Crippen LogP contribution in [0.5, 0.6) is 17.2 Å². The van der Waals surface area contributed by atoms with E-state index in [1.165, 1.54) is 63.6 Å². The van der Waals surface area contributed by atoms with E-state index in [-0.39, 0.29) is 40.1 Å². The largest absolute Gasteiger partial charge is 0.495 e. The molecule has 0 bridgehead atoms. The van der Waals surface area contributed by atoms with Crippen LogP contribution in [0.3, 0.4) is 0 Å². The van der Waals surface area contributed by atoms with Gasteiger partial charge in [-0.1, -0.05) is 65.7 Å². The predicted molar refractivity (Wildman–Crippen MR) is 182 cm³/mol. The zero-order valence-electron chi connectivity index (χ0n) is 26.3. The number of carbonyl (C=O) groups excluding carboxylic acids is 2. The van der Waals surface area contributed by atoms with Gasteiger partial charge in [-0.3, -0.25) is 13.9 Å². The summed E-state index contributed by atoms with van der Waals surface area (Å²) < 4.78 is 46.0. The fourth-order valence-corrected chi connectivity index (χ4v) is 6.84. The third-order valence-corrected chi connectivity index (χ3v) is 9.62. The predicted octanol–water partition coefficient (Wildman–Crippen LogP) is 5.60. The van der Waals surface area contributed by atoms with Gasteiger partial charge in [-0.05, 0) is 53.6 Å². The first kappa shape index (κ1) is 35.4. The Bertz CT molecular complexity index is 1820. The highest BCUT2D eigenvalue weighted by atomic mass is 35.5. The number of halogens is 2. The van der Waals surface area contributed by atoms with E-state index in [1.807, 2.05) is 30.3 Å². The van der Waals surface area contributed by atoms with Crippen molar-refractivity contribution in [3.63, 3.8) is 0 Å². The Morgan fingerprint density at radius 3 is 2.04 bits per heavy atom. The smallest absolute Gasteiger partial charge is 0.265 e. The monoisotopic (exact) mass is 699 g/mol. The normalized spacial score (nSPS) is 11.7. The number of nitrogens with zero attached hydrogens (tertiary/aromatic N) is 2. The Morgan fingerprint density at radius 1 is 0.766 bits per heavy atom. The minimum absolute atomic E-state index is 0.0189. The first-order valence-corrected chi connectivity index (χ1v) is 16.6. The number of hydrogen-bond donors (Lipinski definition) is 1. The second-order valence-electron chi connectivity index (χ2n) is 10.3. The molecule has 0 aliphatic rings. The molecule has 0 radical (unpaired) electrons. The maximum Gasteiger partial charge on any atom is 0.265 e. The van der Waals surface area contributed by atoms with Crippen molar-refractivity contribution in [3.8, 4) is 17.2 Å². The maximum atomic E-state index is 14.5. The van der Waals surface area contributed by atoms with Crippen LogP contribution in [0.25, 0.3) is 0 Å². The Hall–Kier alpha value is -4.45. The molecule has 0 aliphatic carbocycles. The minimum Gasteiger partial charge on any atom is -0.495 e. The summed E-state index contributed by atoms with van der Waals surface area (Å²) in [6.07, 6.45) is 0.162. The van der Waals surface area contributed by atoms with Gasteiger partial charge in [0.25, 0.3) is 10.0 Å². The fraction of sp³-hybridized carbons (Fsp3) is 0.235. The van der Waals surface area contributed by atoms with Crippen LogP contribution in [0.2, 0.25) is 10.0 Å². The highest BCUT2D eigenvalue weighted by molar-refractivity contribution is 7.92. The molecule has 0 aliphatic heterocycles. The molecule has 0 aromatic heterocycles. The first-order valence-electron chi connectivity index (χ1n) is 14.4. The van der Waals surface area contributed by atoms with Gasteiger partial charge in [0, 0.05) is 36.1 Å². The Balaban J connectivity index is 1.87. The van der Waals surface area contributed by atoms with Crippen molar-refractivity contribution in [2.75, 3.05) is 39.2 Å². The van der Waals surface area contributed by atoms with Gasteiger partial charge >= 0.3 is 0 Å². The van der Waals surface area contributed by atoms with E-state index < -0.39 is 34.4 Å². The highest BCUT2D eigenvalue weighted by Gasteiger charge is 2.36. The van der Waals surface area contributed by atoms with Gasteiger partial charge in [-0.25, -0.2) is 8.42 Å². The molecule has 0 fully saturated rings. The molecule has 4 aromatic carbocycles. The Kier molecular flexibility index (Phi) is 12.0. The number of amides is 2. The lowest BCUT2D eigenvalue weighted by Crippen LogP contribution is -2.53. The molecule has 1 atom stereocenters. The van der Waals surface area contributed by atoms with Crippen molar-refractivity contribution in [3.05, 3.63) is 112 Å². The Morgan fingerprint density at radius 2 is 1.40 bits per heavy atom. The molecule has 0 spiro atoms. The summed E-state index contributed by atoms with van der Waals surface area (Å²) in [6, 6.07) is 23.6. The summed E-state index contributed by atoms with van der Waals surface area (Å²) in [5.74, 6) is -0.460. The van der Waals surface area contributed by atoms with Crippen LogP contribution in [-0.2, 0) is 32.6 Å². The van der Waals surface area contributed by atoms with E-state index in [0.29, 0.717) is 16.3 Å². The number of rotatable bonds is 14. The van der Waals surface area contributed by atoms with Gasteiger partial charge < -0.3 is 24.4 Å². The molecule has 10 nitrogen and oxygen atoms in total. The number of sulfonamides is 1. The Labute approximate surface area is 284 Å². The summed E-state index contributed by atoms with van der Waals surface area (Å²) in [6.45, 7) is -0.753. The van der Waals surface area contributed by atoms with Gasteiger partial charge in [0.15, 0.2) is 11.5 Å². The van der Waals surface area contributed by atoms with Crippen LogP contribution in [0.15, 0.2) is 95.9 Å². The van der Waals surface area contributed by atoms with E-state index in [4.69, 9.17) is 37.4 Å². The van der Waals surface area contributed by atoms with Crippen molar-refractivity contribution in [2.24, 2.45) is 0 Å². The number of carbonyl (C=O) groups is 2. The van der Waals surface area contributed by atoms with Crippen LogP contribution >= 0.6 is 23.2 Å². The number of ether oxygens (including phenoxy) is 3. The second-order valence-corrected chi connectivity index (χ2v) is 13.1. The summed E-state index contributed by atoms with van der Waals surface area (Å²) in [5.41, 5.74) is 1.46. The van der Waals surface area contributed by atoms with Gasteiger partial charge in [0.1, 0.15) is 18.3 Å². The lowest BCUT2D eigenvalue weighted by atomic mass is 10.0. The van der Waals surface area contributed by atoms with Gasteiger partial charge in [-0.15, -0.1) is 0 Å². The zero-order valence-corrected chi connectivity index (χ0v) is 28.6. The number of methoxy groups -OCH3 is 3. The van der Waals surface area contributed by atoms with Crippen molar-refractivity contribution in [2.45, 2.75) is 23.9 Å². The maximum absolute atomic E-state index is 14.5. The number of anilines is 1.